The molecule has 0 aromatic heterocycles. The van der Waals surface area contributed by atoms with Crippen LogP contribution in [0.3, 0.4) is 0 Å². The molecule has 1 atom stereocenters. The van der Waals surface area contributed by atoms with Gasteiger partial charge in [-0.1, -0.05) is 12.8 Å². The molecule has 0 saturated carbocycles. The van der Waals surface area contributed by atoms with Crippen LogP contribution >= 0.6 is 0 Å². The lowest BCUT2D eigenvalue weighted by Crippen LogP contribution is -2.74. The van der Waals surface area contributed by atoms with Crippen LogP contribution in [0.15, 0.2) is 0 Å². The number of rotatable bonds is 3. The molecule has 4 rings (SSSR count). The van der Waals surface area contributed by atoms with Crippen molar-refractivity contribution >= 4 is 0 Å². The van der Waals surface area contributed by atoms with Crippen LogP contribution in [0.25, 0.3) is 0 Å². The van der Waals surface area contributed by atoms with E-state index >= 15 is 0 Å². The predicted molar refractivity (Wildman–Crippen MR) is 96.5 cm³/mol. The van der Waals surface area contributed by atoms with Gasteiger partial charge in [0.2, 0.25) is 0 Å². The van der Waals surface area contributed by atoms with Gasteiger partial charge < -0.3 is 4.74 Å². The topological polar surface area (TPSA) is 22.2 Å². The average molecular weight is 337 g/mol. The molecular weight excluding hydrogens is 300 g/mol. The molecule has 0 aromatic carbocycles. The van der Waals surface area contributed by atoms with Crippen LogP contribution in [0.1, 0.15) is 57.8 Å². The minimum absolute atomic E-state index is 0.157. The van der Waals surface area contributed by atoms with Crippen molar-refractivity contribution in [3.8, 4) is 0 Å². The summed E-state index contributed by atoms with van der Waals surface area (Å²) in [6, 6.07) is 0. The van der Waals surface area contributed by atoms with Gasteiger partial charge in [-0.3, -0.25) is 9.80 Å². The van der Waals surface area contributed by atoms with Crippen LogP contribution in [0.2, 0.25) is 0 Å². The minimum Gasteiger partial charge on any atom is -0.379 e. The summed E-state index contributed by atoms with van der Waals surface area (Å²) in [5, 5.41) is 5.47. The Morgan fingerprint density at radius 2 is 1.08 bits per heavy atom. The van der Waals surface area contributed by atoms with Crippen LogP contribution < -0.4 is 0 Å². The summed E-state index contributed by atoms with van der Waals surface area (Å²) < 4.78 is 5.67. The molecule has 138 valence electrons. The van der Waals surface area contributed by atoms with Gasteiger partial charge in [-0.25, -0.2) is 10.0 Å². The second kappa shape index (κ2) is 8.00. The van der Waals surface area contributed by atoms with E-state index in [0.29, 0.717) is 0 Å². The molecular formula is C19H36N4O. The fraction of sp³-hybridized carbons (Fsp3) is 1.00. The second-order valence-electron chi connectivity index (χ2n) is 8.02. The van der Waals surface area contributed by atoms with Crippen molar-refractivity contribution in [3.63, 3.8) is 0 Å². The van der Waals surface area contributed by atoms with Gasteiger partial charge in [0, 0.05) is 45.8 Å². The Labute approximate surface area is 147 Å². The Kier molecular flexibility index (Phi) is 5.74. The summed E-state index contributed by atoms with van der Waals surface area (Å²) in [6.07, 6.45) is 12.4. The molecule has 4 fully saturated rings. The van der Waals surface area contributed by atoms with Crippen molar-refractivity contribution in [1.82, 2.24) is 19.8 Å². The van der Waals surface area contributed by atoms with Gasteiger partial charge in [-0.2, -0.15) is 0 Å². The van der Waals surface area contributed by atoms with Gasteiger partial charge in [-0.15, -0.1) is 0 Å². The summed E-state index contributed by atoms with van der Waals surface area (Å²) in [4.78, 5) is 5.74. The van der Waals surface area contributed by atoms with E-state index in [1.54, 1.807) is 0 Å². The Morgan fingerprint density at radius 1 is 0.542 bits per heavy atom. The van der Waals surface area contributed by atoms with Crippen LogP contribution in [-0.2, 0) is 4.74 Å². The van der Waals surface area contributed by atoms with Gasteiger partial charge in [0.1, 0.15) is 5.79 Å². The van der Waals surface area contributed by atoms with Crippen molar-refractivity contribution < 1.29 is 4.74 Å². The van der Waals surface area contributed by atoms with E-state index in [2.05, 4.69) is 19.8 Å². The maximum absolute atomic E-state index is 5.67. The fourth-order valence-corrected chi connectivity index (χ4v) is 5.44. The first-order chi connectivity index (χ1) is 11.9. The molecule has 0 N–H and O–H groups in total. The first kappa shape index (κ1) is 17.2. The Hall–Kier alpha value is -0.200. The number of hydrogen-bond acceptors (Lipinski definition) is 5. The zero-order valence-electron chi connectivity index (χ0n) is 15.4. The molecule has 0 amide bonds. The zero-order chi connectivity index (χ0) is 16.2. The highest BCUT2D eigenvalue weighted by molar-refractivity contribution is 4.95. The van der Waals surface area contributed by atoms with E-state index in [9.17, 15) is 0 Å². The Morgan fingerprint density at radius 3 is 1.75 bits per heavy atom. The third-order valence-electron chi connectivity index (χ3n) is 6.60. The third kappa shape index (κ3) is 3.26. The average Bonchev–Trinajstić information content (AvgIpc) is 3.10. The smallest absolute Gasteiger partial charge is 0.143 e. The standard InChI is InChI=1S/C19H36N4O/c1-3-9-19(21-12-7-8-13-21,20-10-4-2-5-11-20)23(14-6-1)22-15-17-24-18-16-22/h1-18H2. The largest absolute Gasteiger partial charge is 0.379 e. The van der Waals surface area contributed by atoms with Crippen LogP contribution in [0.4, 0.5) is 0 Å². The molecule has 4 heterocycles. The highest BCUT2D eigenvalue weighted by Crippen LogP contribution is 2.39. The van der Waals surface area contributed by atoms with E-state index in [1.807, 2.05) is 0 Å². The predicted octanol–water partition coefficient (Wildman–Crippen LogP) is 2.35. The fourth-order valence-electron chi connectivity index (χ4n) is 5.44. The van der Waals surface area contributed by atoms with Crippen LogP contribution in [0.5, 0.6) is 0 Å². The SMILES string of the molecule is C1CCN(C2(N3CCCC3)CCCCCN2N2CCOCC2)CC1. The lowest BCUT2D eigenvalue weighted by molar-refractivity contribution is -0.259. The summed E-state index contributed by atoms with van der Waals surface area (Å²) in [5.74, 6) is 0.157. The molecule has 0 radical (unpaired) electrons. The lowest BCUT2D eigenvalue weighted by Gasteiger charge is -2.59. The normalized spacial score (nSPS) is 36.0. The summed E-state index contributed by atoms with van der Waals surface area (Å²) in [6.45, 7) is 10.3. The highest BCUT2D eigenvalue weighted by atomic mass is 16.5. The van der Waals surface area contributed by atoms with Crippen molar-refractivity contribution in [3.05, 3.63) is 0 Å². The number of hydrogen-bond donors (Lipinski definition) is 0. The van der Waals surface area contributed by atoms with Gasteiger partial charge in [-0.05, 0) is 44.9 Å². The molecule has 0 aromatic rings. The third-order valence-corrected chi connectivity index (χ3v) is 6.60. The number of likely N-dealkylation sites (tertiary alicyclic amines) is 2. The number of morpholine rings is 1. The molecule has 4 aliphatic heterocycles. The van der Waals surface area contributed by atoms with Crippen molar-refractivity contribution in [2.24, 2.45) is 0 Å². The molecule has 4 aliphatic rings. The molecule has 0 spiro atoms. The van der Waals surface area contributed by atoms with Crippen LogP contribution in [0, 0.1) is 0 Å². The van der Waals surface area contributed by atoms with E-state index in [-0.39, 0.29) is 5.79 Å². The van der Waals surface area contributed by atoms with Gasteiger partial charge in [0.15, 0.2) is 0 Å². The number of ether oxygens (including phenoxy) is 1. The molecule has 5 heteroatoms. The van der Waals surface area contributed by atoms with Crippen molar-refractivity contribution in [1.29, 1.82) is 0 Å². The number of piperidine rings is 1. The molecule has 0 aliphatic carbocycles. The van der Waals surface area contributed by atoms with Crippen molar-refractivity contribution in [2.45, 2.75) is 63.6 Å². The molecule has 4 saturated heterocycles. The first-order valence-electron chi connectivity index (χ1n) is 10.5. The summed E-state index contributed by atoms with van der Waals surface area (Å²) >= 11 is 0. The first-order valence-corrected chi connectivity index (χ1v) is 10.5. The Bertz CT molecular complexity index is 389. The van der Waals surface area contributed by atoms with Gasteiger partial charge in [0.05, 0.1) is 13.2 Å². The molecule has 24 heavy (non-hydrogen) atoms. The summed E-state index contributed by atoms with van der Waals surface area (Å²) in [5.41, 5.74) is 0. The molecule has 0 bridgehead atoms. The molecule has 5 nitrogen and oxygen atoms in total. The quantitative estimate of drug-likeness (QED) is 0.787. The van der Waals surface area contributed by atoms with Gasteiger partial charge in [0.25, 0.3) is 0 Å². The maximum Gasteiger partial charge on any atom is 0.143 e. The number of nitrogens with zero attached hydrogens (tertiary/aromatic N) is 4. The highest BCUT2D eigenvalue weighted by Gasteiger charge is 2.50. The minimum atomic E-state index is 0.157. The monoisotopic (exact) mass is 336 g/mol. The van der Waals surface area contributed by atoms with Gasteiger partial charge >= 0.3 is 0 Å². The number of hydrazine groups is 1. The van der Waals surface area contributed by atoms with E-state index in [0.717, 1.165) is 26.3 Å². The van der Waals surface area contributed by atoms with Crippen LogP contribution in [-0.4, -0.2) is 84.6 Å². The van der Waals surface area contributed by atoms with E-state index in [4.69, 9.17) is 4.74 Å². The Balaban J connectivity index is 1.67. The lowest BCUT2D eigenvalue weighted by atomic mass is 10.0. The maximum atomic E-state index is 5.67. The zero-order valence-corrected chi connectivity index (χ0v) is 15.4. The molecule has 1 unspecified atom stereocenters. The summed E-state index contributed by atoms with van der Waals surface area (Å²) in [7, 11) is 0. The second-order valence-corrected chi connectivity index (χ2v) is 8.02. The van der Waals surface area contributed by atoms with Crippen molar-refractivity contribution in [2.75, 3.05) is 59.0 Å². The van der Waals surface area contributed by atoms with E-state index in [1.165, 1.54) is 90.5 Å². The van der Waals surface area contributed by atoms with E-state index < -0.39 is 0 Å².